The van der Waals surface area contributed by atoms with E-state index in [1.807, 2.05) is 6.07 Å². The molecule has 0 atom stereocenters. The summed E-state index contributed by atoms with van der Waals surface area (Å²) in [5.41, 5.74) is 3.25. The average Bonchev–Trinajstić information content (AvgIpc) is 2.48. The van der Waals surface area contributed by atoms with E-state index in [2.05, 4.69) is 48.8 Å². The molecule has 0 saturated carbocycles. The van der Waals surface area contributed by atoms with E-state index in [1.165, 1.54) is 5.56 Å². The summed E-state index contributed by atoms with van der Waals surface area (Å²) in [6.45, 7) is 2.05. The number of rotatable bonds is 0. The Morgan fingerprint density at radius 3 is 2.83 bits per heavy atom. The van der Waals surface area contributed by atoms with Crippen LogP contribution in [0, 0.1) is 6.92 Å². The zero-order valence-corrected chi connectivity index (χ0v) is 9.53. The van der Waals surface area contributed by atoms with E-state index in [-0.39, 0.29) is 0 Å². The van der Waals surface area contributed by atoms with Crippen LogP contribution in [0.3, 0.4) is 0 Å². The highest BCUT2D eigenvalue weighted by Crippen LogP contribution is 2.29. The van der Waals surface area contributed by atoms with Crippen molar-refractivity contribution in [2.45, 2.75) is 6.92 Å². The summed E-state index contributed by atoms with van der Waals surface area (Å²) in [7, 11) is 0. The van der Waals surface area contributed by atoms with Crippen LogP contribution in [0.5, 0.6) is 0 Å². The molecule has 1 heterocycles. The molecule has 0 bridgehead atoms. The molecule has 0 saturated heterocycles. The molecule has 0 aliphatic carbocycles. The first-order valence-electron chi connectivity index (χ1n) is 3.48. The summed E-state index contributed by atoms with van der Waals surface area (Å²) in [5.74, 6) is 0. The monoisotopic (exact) mass is 288 g/mol. The Hall–Kier alpha value is -0.350. The maximum absolute atomic E-state index is 4.20. The van der Waals surface area contributed by atoms with Crippen molar-refractivity contribution < 1.29 is 0 Å². The maximum Gasteiger partial charge on any atom is 0.103 e. The Bertz CT molecular complexity index is 434. The number of aromatic amines is 1. The average molecular weight is 290 g/mol. The first-order valence-corrected chi connectivity index (χ1v) is 5.06. The molecular weight excluding hydrogens is 284 g/mol. The summed E-state index contributed by atoms with van der Waals surface area (Å²) in [5, 5.41) is 0. The maximum atomic E-state index is 4.20. The molecule has 0 aliphatic heterocycles. The van der Waals surface area contributed by atoms with Crippen molar-refractivity contribution in [1.82, 2.24) is 9.97 Å². The largest absolute Gasteiger partial charge is 0.344 e. The van der Waals surface area contributed by atoms with Crippen molar-refractivity contribution in [1.29, 1.82) is 0 Å². The third kappa shape index (κ3) is 1.10. The first-order chi connectivity index (χ1) is 5.70. The number of imidazole rings is 1. The lowest BCUT2D eigenvalue weighted by atomic mass is 10.2. The third-order valence-corrected chi connectivity index (χ3v) is 3.28. The highest BCUT2D eigenvalue weighted by atomic mass is 79.9. The van der Waals surface area contributed by atoms with Crippen molar-refractivity contribution >= 4 is 42.9 Å². The lowest BCUT2D eigenvalue weighted by Gasteiger charge is -2.00. The topological polar surface area (TPSA) is 28.7 Å². The summed E-state index contributed by atoms with van der Waals surface area (Å²) in [6.07, 6.45) is 1.70. The number of hydrogen-bond donors (Lipinski definition) is 1. The van der Waals surface area contributed by atoms with Crippen LogP contribution in [0.1, 0.15) is 5.56 Å². The van der Waals surface area contributed by atoms with Gasteiger partial charge in [-0.2, -0.15) is 0 Å². The molecule has 2 nitrogen and oxygen atoms in total. The summed E-state index contributed by atoms with van der Waals surface area (Å²) < 4.78 is 2.10. The molecule has 4 heteroatoms. The first kappa shape index (κ1) is 8.26. The van der Waals surface area contributed by atoms with Crippen LogP contribution in [0.4, 0.5) is 0 Å². The molecule has 1 N–H and O–H groups in total. The number of hydrogen-bond acceptors (Lipinski definition) is 1. The van der Waals surface area contributed by atoms with E-state index >= 15 is 0 Å². The fraction of sp³-hybridized carbons (Fsp3) is 0.125. The summed E-state index contributed by atoms with van der Waals surface area (Å²) in [4.78, 5) is 7.30. The van der Waals surface area contributed by atoms with Crippen LogP contribution in [-0.2, 0) is 0 Å². The van der Waals surface area contributed by atoms with Gasteiger partial charge >= 0.3 is 0 Å². The smallest absolute Gasteiger partial charge is 0.103 e. The zero-order chi connectivity index (χ0) is 8.72. The Balaban J connectivity index is 2.97. The number of fused-ring (bicyclic) bond motifs is 1. The Morgan fingerprint density at radius 2 is 2.08 bits per heavy atom. The molecule has 0 amide bonds. The molecule has 2 aromatic rings. The highest BCUT2D eigenvalue weighted by Gasteiger charge is 2.06. The minimum atomic E-state index is 0.982. The number of halogens is 2. The fourth-order valence-corrected chi connectivity index (χ4v) is 2.43. The van der Waals surface area contributed by atoms with Gasteiger partial charge in [0.25, 0.3) is 0 Å². The van der Waals surface area contributed by atoms with E-state index < -0.39 is 0 Å². The van der Waals surface area contributed by atoms with Gasteiger partial charge in [0.15, 0.2) is 0 Å². The van der Waals surface area contributed by atoms with Gasteiger partial charge in [0.2, 0.25) is 0 Å². The molecule has 2 rings (SSSR count). The van der Waals surface area contributed by atoms with Gasteiger partial charge in [0, 0.05) is 8.95 Å². The molecule has 0 fully saturated rings. The van der Waals surface area contributed by atoms with Gasteiger partial charge in [-0.3, -0.25) is 0 Å². The lowest BCUT2D eigenvalue weighted by Crippen LogP contribution is -1.80. The standard InChI is InChI=1S/C8H6Br2N2/c1-4-5(9)2-6(10)8-7(4)11-3-12-8/h2-3H,1H3,(H,11,12). The van der Waals surface area contributed by atoms with Crippen LogP contribution in [0.25, 0.3) is 11.0 Å². The number of aromatic nitrogens is 2. The number of benzene rings is 1. The molecule has 0 unspecified atom stereocenters. The molecule has 1 aromatic carbocycles. The molecule has 0 aliphatic rings. The van der Waals surface area contributed by atoms with Crippen LogP contribution in [-0.4, -0.2) is 9.97 Å². The number of H-pyrrole nitrogens is 1. The normalized spacial score (nSPS) is 10.9. The second-order valence-corrected chi connectivity index (χ2v) is 4.30. The third-order valence-electron chi connectivity index (χ3n) is 1.85. The van der Waals surface area contributed by atoms with Gasteiger partial charge in [-0.1, -0.05) is 15.9 Å². The zero-order valence-electron chi connectivity index (χ0n) is 6.36. The van der Waals surface area contributed by atoms with E-state index in [9.17, 15) is 0 Å². The highest BCUT2D eigenvalue weighted by molar-refractivity contribution is 9.11. The van der Waals surface area contributed by atoms with Gasteiger partial charge in [0.1, 0.15) is 5.52 Å². The number of nitrogens with zero attached hydrogens (tertiary/aromatic N) is 1. The Morgan fingerprint density at radius 1 is 1.33 bits per heavy atom. The number of aryl methyl sites for hydroxylation is 1. The molecule has 62 valence electrons. The molecular formula is C8H6Br2N2. The van der Waals surface area contributed by atoms with Crippen molar-refractivity contribution in [2.24, 2.45) is 0 Å². The second kappa shape index (κ2) is 2.85. The Kier molecular flexibility index (Phi) is 1.96. The quantitative estimate of drug-likeness (QED) is 0.791. The van der Waals surface area contributed by atoms with E-state index in [0.29, 0.717) is 0 Å². The van der Waals surface area contributed by atoms with Crippen LogP contribution in [0.2, 0.25) is 0 Å². The minimum absolute atomic E-state index is 0.982. The molecule has 12 heavy (non-hydrogen) atoms. The van der Waals surface area contributed by atoms with Crippen molar-refractivity contribution in [3.05, 3.63) is 26.9 Å². The molecule has 1 aromatic heterocycles. The van der Waals surface area contributed by atoms with Gasteiger partial charge in [-0.05, 0) is 34.5 Å². The van der Waals surface area contributed by atoms with Gasteiger partial charge in [-0.25, -0.2) is 4.98 Å². The molecule has 0 radical (unpaired) electrons. The van der Waals surface area contributed by atoms with E-state index in [0.717, 1.165) is 20.0 Å². The van der Waals surface area contributed by atoms with Gasteiger partial charge in [-0.15, -0.1) is 0 Å². The van der Waals surface area contributed by atoms with Crippen LogP contribution >= 0.6 is 31.9 Å². The van der Waals surface area contributed by atoms with Crippen molar-refractivity contribution in [3.63, 3.8) is 0 Å². The van der Waals surface area contributed by atoms with Crippen LogP contribution in [0.15, 0.2) is 21.3 Å². The van der Waals surface area contributed by atoms with Crippen molar-refractivity contribution in [2.75, 3.05) is 0 Å². The molecule has 0 spiro atoms. The van der Waals surface area contributed by atoms with Crippen molar-refractivity contribution in [3.8, 4) is 0 Å². The fourth-order valence-electron chi connectivity index (χ4n) is 1.17. The summed E-state index contributed by atoms with van der Waals surface area (Å²) >= 11 is 6.92. The van der Waals surface area contributed by atoms with Gasteiger partial charge in [0.05, 0.1) is 11.8 Å². The Labute approximate surface area is 86.6 Å². The predicted molar refractivity (Wildman–Crippen MR) is 56.2 cm³/mol. The van der Waals surface area contributed by atoms with E-state index in [1.54, 1.807) is 6.33 Å². The van der Waals surface area contributed by atoms with Gasteiger partial charge < -0.3 is 4.98 Å². The number of nitrogens with one attached hydrogen (secondary N) is 1. The summed E-state index contributed by atoms with van der Waals surface area (Å²) in [6, 6.07) is 2.01. The SMILES string of the molecule is Cc1c(Br)cc(Br)c2nc[nH]c12. The predicted octanol–water partition coefficient (Wildman–Crippen LogP) is 3.40. The lowest BCUT2D eigenvalue weighted by molar-refractivity contribution is 1.33. The van der Waals surface area contributed by atoms with E-state index in [4.69, 9.17) is 0 Å². The second-order valence-electron chi connectivity index (χ2n) is 2.59. The van der Waals surface area contributed by atoms with Crippen LogP contribution < -0.4 is 0 Å². The minimum Gasteiger partial charge on any atom is -0.344 e.